The van der Waals surface area contributed by atoms with Gasteiger partial charge in [-0.25, -0.2) is 0 Å². The first-order chi connectivity index (χ1) is 8.72. The predicted octanol–water partition coefficient (Wildman–Crippen LogP) is 5.32. The van der Waals surface area contributed by atoms with Gasteiger partial charge in [-0.1, -0.05) is 33.8 Å². The molecule has 1 saturated carbocycles. The maximum absolute atomic E-state index is 5.32. The van der Waals surface area contributed by atoms with Crippen molar-refractivity contribution in [3.05, 3.63) is 29.3 Å². The van der Waals surface area contributed by atoms with Crippen molar-refractivity contribution in [1.82, 2.24) is 0 Å². The molecule has 0 amide bonds. The van der Waals surface area contributed by atoms with Gasteiger partial charge < -0.3 is 4.74 Å². The van der Waals surface area contributed by atoms with Crippen LogP contribution < -0.4 is 4.74 Å². The maximum Gasteiger partial charge on any atom is 0.119 e. The van der Waals surface area contributed by atoms with Crippen molar-refractivity contribution >= 4 is 0 Å². The number of methoxy groups -OCH3 is 1. The van der Waals surface area contributed by atoms with Gasteiger partial charge in [0.05, 0.1) is 7.11 Å². The second-order valence-electron chi connectivity index (χ2n) is 7.83. The molecule has 0 saturated heterocycles. The van der Waals surface area contributed by atoms with E-state index in [1.165, 1.54) is 30.4 Å². The van der Waals surface area contributed by atoms with Gasteiger partial charge in [0.1, 0.15) is 5.75 Å². The standard InChI is InChI=1S/C18H28O/c1-13-9-15(19-6)7-8-16(13)14-10-17(2,3)12-18(4,5)11-14/h7-9,14H,10-12H2,1-6H3. The normalized spacial score (nSPS) is 22.2. The Morgan fingerprint density at radius 3 is 2.11 bits per heavy atom. The van der Waals surface area contributed by atoms with Crippen LogP contribution in [0.15, 0.2) is 18.2 Å². The zero-order chi connectivity index (χ0) is 14.3. The third-order valence-corrected chi connectivity index (χ3v) is 4.47. The van der Waals surface area contributed by atoms with E-state index in [1.807, 2.05) is 0 Å². The Morgan fingerprint density at radius 2 is 1.63 bits per heavy atom. The van der Waals surface area contributed by atoms with Gasteiger partial charge in [-0.15, -0.1) is 0 Å². The van der Waals surface area contributed by atoms with Gasteiger partial charge >= 0.3 is 0 Å². The topological polar surface area (TPSA) is 9.23 Å². The average Bonchev–Trinajstić information content (AvgIpc) is 2.24. The van der Waals surface area contributed by atoms with Crippen molar-refractivity contribution in [3.8, 4) is 5.75 Å². The summed E-state index contributed by atoms with van der Waals surface area (Å²) >= 11 is 0. The lowest BCUT2D eigenvalue weighted by Crippen LogP contribution is -2.33. The second kappa shape index (κ2) is 4.85. The molecule has 1 fully saturated rings. The van der Waals surface area contributed by atoms with Crippen molar-refractivity contribution < 1.29 is 4.74 Å². The number of rotatable bonds is 2. The quantitative estimate of drug-likeness (QED) is 0.699. The van der Waals surface area contributed by atoms with Gasteiger partial charge in [-0.3, -0.25) is 0 Å². The van der Waals surface area contributed by atoms with E-state index in [0.29, 0.717) is 16.7 Å². The third kappa shape index (κ3) is 3.32. The van der Waals surface area contributed by atoms with Crippen molar-refractivity contribution in [2.45, 2.75) is 59.8 Å². The Bertz CT molecular complexity index is 441. The van der Waals surface area contributed by atoms with Crippen LogP contribution in [0.4, 0.5) is 0 Å². The van der Waals surface area contributed by atoms with Crippen LogP contribution in [0.2, 0.25) is 0 Å². The molecule has 0 heterocycles. The minimum absolute atomic E-state index is 0.443. The first-order valence-corrected chi connectivity index (χ1v) is 7.37. The summed E-state index contributed by atoms with van der Waals surface area (Å²) in [5.74, 6) is 1.65. The van der Waals surface area contributed by atoms with E-state index in [9.17, 15) is 0 Å². The Kier molecular flexibility index (Phi) is 3.68. The molecule has 1 aliphatic rings. The number of aryl methyl sites for hydroxylation is 1. The zero-order valence-electron chi connectivity index (χ0n) is 13.3. The molecule has 1 heteroatoms. The van der Waals surface area contributed by atoms with Gasteiger partial charge in [0.25, 0.3) is 0 Å². The summed E-state index contributed by atoms with van der Waals surface area (Å²) in [6, 6.07) is 6.55. The van der Waals surface area contributed by atoms with Crippen LogP contribution in [-0.2, 0) is 0 Å². The monoisotopic (exact) mass is 260 g/mol. The fourth-order valence-electron chi connectivity index (χ4n) is 4.30. The molecule has 19 heavy (non-hydrogen) atoms. The number of hydrogen-bond donors (Lipinski definition) is 0. The van der Waals surface area contributed by atoms with Crippen molar-refractivity contribution in [2.24, 2.45) is 10.8 Å². The van der Waals surface area contributed by atoms with E-state index in [4.69, 9.17) is 4.74 Å². The van der Waals surface area contributed by atoms with E-state index in [1.54, 1.807) is 7.11 Å². The average molecular weight is 260 g/mol. The summed E-state index contributed by atoms with van der Waals surface area (Å²) in [5, 5.41) is 0. The Hall–Kier alpha value is -0.980. The molecule has 0 spiro atoms. The minimum atomic E-state index is 0.443. The number of ether oxygens (including phenoxy) is 1. The molecule has 1 aromatic rings. The van der Waals surface area contributed by atoms with Crippen LogP contribution in [0, 0.1) is 17.8 Å². The van der Waals surface area contributed by atoms with E-state index in [0.717, 1.165) is 5.75 Å². The van der Waals surface area contributed by atoms with Gasteiger partial charge in [0.15, 0.2) is 0 Å². The maximum atomic E-state index is 5.32. The lowest BCUT2D eigenvalue weighted by molar-refractivity contribution is 0.0967. The molecule has 0 aromatic heterocycles. The van der Waals surface area contributed by atoms with E-state index >= 15 is 0 Å². The molecular formula is C18H28O. The van der Waals surface area contributed by atoms with Gasteiger partial charge in [-0.05, 0) is 66.2 Å². The zero-order valence-corrected chi connectivity index (χ0v) is 13.3. The summed E-state index contributed by atoms with van der Waals surface area (Å²) < 4.78 is 5.32. The number of hydrogen-bond acceptors (Lipinski definition) is 1. The molecule has 1 aromatic carbocycles. The van der Waals surface area contributed by atoms with E-state index < -0.39 is 0 Å². The summed E-state index contributed by atoms with van der Waals surface area (Å²) in [5.41, 5.74) is 3.77. The summed E-state index contributed by atoms with van der Waals surface area (Å²) in [6.07, 6.45) is 3.92. The highest BCUT2D eigenvalue weighted by Gasteiger charge is 2.39. The molecule has 106 valence electrons. The van der Waals surface area contributed by atoms with Crippen LogP contribution in [-0.4, -0.2) is 7.11 Å². The fraction of sp³-hybridized carbons (Fsp3) is 0.667. The third-order valence-electron chi connectivity index (χ3n) is 4.47. The molecule has 1 aliphatic carbocycles. The SMILES string of the molecule is COc1ccc(C2CC(C)(C)CC(C)(C)C2)c(C)c1. The predicted molar refractivity (Wildman–Crippen MR) is 81.9 cm³/mol. The Morgan fingerprint density at radius 1 is 1.05 bits per heavy atom. The molecule has 0 radical (unpaired) electrons. The summed E-state index contributed by atoms with van der Waals surface area (Å²) in [6.45, 7) is 11.9. The summed E-state index contributed by atoms with van der Waals surface area (Å²) in [7, 11) is 1.74. The Labute approximate surface area is 118 Å². The van der Waals surface area contributed by atoms with E-state index in [2.05, 4.69) is 52.8 Å². The Balaban J connectivity index is 2.31. The fourth-order valence-corrected chi connectivity index (χ4v) is 4.30. The van der Waals surface area contributed by atoms with Crippen LogP contribution in [0.3, 0.4) is 0 Å². The second-order valence-corrected chi connectivity index (χ2v) is 7.83. The molecule has 0 bridgehead atoms. The molecule has 1 nitrogen and oxygen atoms in total. The van der Waals surface area contributed by atoms with Gasteiger partial charge in [0.2, 0.25) is 0 Å². The van der Waals surface area contributed by atoms with Crippen molar-refractivity contribution in [2.75, 3.05) is 7.11 Å². The molecule has 0 unspecified atom stereocenters. The smallest absolute Gasteiger partial charge is 0.119 e. The molecule has 0 atom stereocenters. The van der Waals surface area contributed by atoms with Gasteiger partial charge in [-0.2, -0.15) is 0 Å². The molecule has 0 N–H and O–H groups in total. The van der Waals surface area contributed by atoms with Crippen LogP contribution in [0.25, 0.3) is 0 Å². The lowest BCUT2D eigenvalue weighted by atomic mass is 9.60. The van der Waals surface area contributed by atoms with E-state index in [-0.39, 0.29) is 0 Å². The highest BCUT2D eigenvalue weighted by molar-refractivity contribution is 5.37. The van der Waals surface area contributed by atoms with Crippen molar-refractivity contribution in [3.63, 3.8) is 0 Å². The first kappa shape index (κ1) is 14.4. The molecular weight excluding hydrogens is 232 g/mol. The molecule has 0 aliphatic heterocycles. The lowest BCUT2D eigenvalue weighted by Gasteiger charge is -2.45. The number of benzene rings is 1. The summed E-state index contributed by atoms with van der Waals surface area (Å²) in [4.78, 5) is 0. The highest BCUT2D eigenvalue weighted by Crippen LogP contribution is 2.52. The largest absolute Gasteiger partial charge is 0.497 e. The first-order valence-electron chi connectivity index (χ1n) is 7.37. The molecule has 2 rings (SSSR count). The van der Waals surface area contributed by atoms with Gasteiger partial charge in [0, 0.05) is 0 Å². The minimum Gasteiger partial charge on any atom is -0.497 e. The highest BCUT2D eigenvalue weighted by atomic mass is 16.5. The van der Waals surface area contributed by atoms with Crippen LogP contribution in [0.5, 0.6) is 5.75 Å². The van der Waals surface area contributed by atoms with Crippen LogP contribution >= 0.6 is 0 Å². The van der Waals surface area contributed by atoms with Crippen molar-refractivity contribution in [1.29, 1.82) is 0 Å². The van der Waals surface area contributed by atoms with Crippen LogP contribution in [0.1, 0.15) is 64.0 Å².